The number of carbonyl (C=O) groups is 1. The van der Waals surface area contributed by atoms with E-state index in [1.165, 1.54) is 6.07 Å². The number of amides is 1. The van der Waals surface area contributed by atoms with Crippen molar-refractivity contribution in [2.24, 2.45) is 0 Å². The van der Waals surface area contributed by atoms with Crippen molar-refractivity contribution in [3.63, 3.8) is 0 Å². The molecular formula is C9H9F2NO. The quantitative estimate of drug-likeness (QED) is 0.746. The Kier molecular flexibility index (Phi) is 2.95. The lowest BCUT2D eigenvalue weighted by molar-refractivity contribution is 0.0947. The molecule has 0 aliphatic carbocycles. The first kappa shape index (κ1) is 9.64. The Morgan fingerprint density at radius 2 is 1.92 bits per heavy atom. The summed E-state index contributed by atoms with van der Waals surface area (Å²) < 4.78 is 25.8. The molecule has 1 amide bonds. The van der Waals surface area contributed by atoms with E-state index in [-0.39, 0.29) is 0 Å². The second-order valence-corrected chi connectivity index (χ2v) is 2.46. The zero-order chi connectivity index (χ0) is 9.84. The lowest BCUT2D eigenvalue weighted by atomic mass is 10.2. The van der Waals surface area contributed by atoms with Crippen LogP contribution in [0.3, 0.4) is 0 Å². The van der Waals surface area contributed by atoms with E-state index in [2.05, 4.69) is 5.32 Å². The van der Waals surface area contributed by atoms with Crippen LogP contribution in [-0.4, -0.2) is 12.5 Å². The molecule has 0 radical (unpaired) electrons. The Bertz CT molecular complexity index is 305. The molecule has 0 saturated carbocycles. The Balaban J connectivity index is 3.05. The summed E-state index contributed by atoms with van der Waals surface area (Å²) in [6, 6.07) is 3.31. The minimum atomic E-state index is -0.842. The Labute approximate surface area is 74.6 Å². The molecule has 13 heavy (non-hydrogen) atoms. The highest BCUT2D eigenvalue weighted by Crippen LogP contribution is 2.11. The summed E-state index contributed by atoms with van der Waals surface area (Å²) in [6.45, 7) is 2.02. The summed E-state index contributed by atoms with van der Waals surface area (Å²) in [5, 5.41) is 2.32. The number of hydrogen-bond acceptors (Lipinski definition) is 1. The molecule has 70 valence electrons. The van der Waals surface area contributed by atoms with Crippen molar-refractivity contribution in [3.8, 4) is 0 Å². The van der Waals surface area contributed by atoms with Gasteiger partial charge in [-0.1, -0.05) is 6.07 Å². The van der Waals surface area contributed by atoms with E-state index in [0.29, 0.717) is 6.54 Å². The summed E-state index contributed by atoms with van der Waals surface area (Å²) in [4.78, 5) is 11.1. The lowest BCUT2D eigenvalue weighted by Crippen LogP contribution is -2.24. The summed E-state index contributed by atoms with van der Waals surface area (Å²) >= 11 is 0. The first-order chi connectivity index (χ1) is 6.16. The molecule has 0 bridgehead atoms. The van der Waals surface area contributed by atoms with Crippen molar-refractivity contribution in [1.29, 1.82) is 0 Å². The summed E-state index contributed by atoms with van der Waals surface area (Å²) in [5.41, 5.74) is -0.524. The van der Waals surface area contributed by atoms with E-state index in [1.54, 1.807) is 6.92 Å². The molecule has 0 unspecified atom stereocenters. The third kappa shape index (κ3) is 2.02. The van der Waals surface area contributed by atoms with Crippen LogP contribution >= 0.6 is 0 Å². The molecular weight excluding hydrogens is 176 g/mol. The monoisotopic (exact) mass is 185 g/mol. The van der Waals surface area contributed by atoms with E-state index in [1.807, 2.05) is 0 Å². The van der Waals surface area contributed by atoms with Crippen molar-refractivity contribution < 1.29 is 13.6 Å². The molecule has 0 heterocycles. The molecule has 0 spiro atoms. The SMILES string of the molecule is CCNC(=O)c1c(F)cccc1F. The maximum atomic E-state index is 12.9. The fourth-order valence-electron chi connectivity index (χ4n) is 0.964. The molecule has 4 heteroatoms. The van der Waals surface area contributed by atoms with Gasteiger partial charge in [0.25, 0.3) is 5.91 Å². The van der Waals surface area contributed by atoms with Gasteiger partial charge in [0, 0.05) is 6.54 Å². The highest BCUT2D eigenvalue weighted by atomic mass is 19.1. The van der Waals surface area contributed by atoms with Crippen molar-refractivity contribution >= 4 is 5.91 Å². The first-order valence-electron chi connectivity index (χ1n) is 3.89. The van der Waals surface area contributed by atoms with Gasteiger partial charge in [0.2, 0.25) is 0 Å². The van der Waals surface area contributed by atoms with Gasteiger partial charge in [-0.2, -0.15) is 0 Å². The Morgan fingerprint density at radius 1 is 1.38 bits per heavy atom. The van der Waals surface area contributed by atoms with E-state index in [4.69, 9.17) is 0 Å². The van der Waals surface area contributed by atoms with Crippen LogP contribution in [0.25, 0.3) is 0 Å². The zero-order valence-corrected chi connectivity index (χ0v) is 7.10. The Morgan fingerprint density at radius 3 is 2.38 bits per heavy atom. The average Bonchev–Trinajstić information content (AvgIpc) is 2.04. The van der Waals surface area contributed by atoms with Crippen LogP contribution in [0.2, 0.25) is 0 Å². The van der Waals surface area contributed by atoms with Crippen molar-refractivity contribution in [3.05, 3.63) is 35.4 Å². The van der Waals surface area contributed by atoms with Crippen LogP contribution in [0, 0.1) is 11.6 Å². The van der Waals surface area contributed by atoms with Crippen LogP contribution < -0.4 is 5.32 Å². The van der Waals surface area contributed by atoms with Crippen LogP contribution in [0.4, 0.5) is 8.78 Å². The number of rotatable bonds is 2. The molecule has 1 N–H and O–H groups in total. The van der Waals surface area contributed by atoms with Gasteiger partial charge in [-0.3, -0.25) is 4.79 Å². The molecule has 0 aromatic heterocycles. The molecule has 1 aromatic rings. The predicted molar refractivity (Wildman–Crippen MR) is 44.4 cm³/mol. The fourth-order valence-corrected chi connectivity index (χ4v) is 0.964. The minimum Gasteiger partial charge on any atom is -0.352 e. The maximum absolute atomic E-state index is 12.9. The average molecular weight is 185 g/mol. The zero-order valence-electron chi connectivity index (χ0n) is 7.10. The van der Waals surface area contributed by atoms with Crippen molar-refractivity contribution in [2.45, 2.75) is 6.92 Å². The van der Waals surface area contributed by atoms with Gasteiger partial charge in [0.05, 0.1) is 0 Å². The smallest absolute Gasteiger partial charge is 0.257 e. The predicted octanol–water partition coefficient (Wildman–Crippen LogP) is 1.71. The molecule has 0 atom stereocenters. The van der Waals surface area contributed by atoms with Crippen molar-refractivity contribution in [2.75, 3.05) is 6.54 Å². The minimum absolute atomic E-state index is 0.340. The van der Waals surface area contributed by atoms with Gasteiger partial charge in [-0.15, -0.1) is 0 Å². The standard InChI is InChI=1S/C9H9F2NO/c1-2-12-9(13)8-6(10)4-3-5-7(8)11/h3-5H,2H2,1H3,(H,12,13). The molecule has 1 aromatic carbocycles. The molecule has 0 fully saturated rings. The van der Waals surface area contributed by atoms with E-state index >= 15 is 0 Å². The van der Waals surface area contributed by atoms with Crippen LogP contribution in [-0.2, 0) is 0 Å². The third-order valence-corrected chi connectivity index (χ3v) is 1.53. The van der Waals surface area contributed by atoms with Gasteiger partial charge in [-0.05, 0) is 19.1 Å². The van der Waals surface area contributed by atoms with Gasteiger partial charge in [0.15, 0.2) is 0 Å². The molecule has 0 saturated heterocycles. The van der Waals surface area contributed by atoms with Crippen molar-refractivity contribution in [1.82, 2.24) is 5.32 Å². The molecule has 0 aliphatic heterocycles. The summed E-state index contributed by atoms with van der Waals surface area (Å²) in [6.07, 6.45) is 0. The largest absolute Gasteiger partial charge is 0.352 e. The number of benzene rings is 1. The topological polar surface area (TPSA) is 29.1 Å². The highest BCUT2D eigenvalue weighted by molar-refractivity contribution is 5.94. The number of hydrogen-bond donors (Lipinski definition) is 1. The highest BCUT2D eigenvalue weighted by Gasteiger charge is 2.15. The second-order valence-electron chi connectivity index (χ2n) is 2.46. The van der Waals surface area contributed by atoms with Gasteiger partial charge >= 0.3 is 0 Å². The molecule has 0 aliphatic rings. The van der Waals surface area contributed by atoms with E-state index in [0.717, 1.165) is 12.1 Å². The van der Waals surface area contributed by atoms with E-state index in [9.17, 15) is 13.6 Å². The first-order valence-corrected chi connectivity index (χ1v) is 3.89. The van der Waals surface area contributed by atoms with Gasteiger partial charge in [-0.25, -0.2) is 8.78 Å². The third-order valence-electron chi connectivity index (χ3n) is 1.53. The van der Waals surface area contributed by atoms with Crippen LogP contribution in [0.15, 0.2) is 18.2 Å². The van der Waals surface area contributed by atoms with Crippen LogP contribution in [0.5, 0.6) is 0 Å². The number of nitrogens with one attached hydrogen (secondary N) is 1. The molecule has 2 nitrogen and oxygen atoms in total. The maximum Gasteiger partial charge on any atom is 0.257 e. The number of halogens is 2. The van der Waals surface area contributed by atoms with Crippen LogP contribution in [0.1, 0.15) is 17.3 Å². The second kappa shape index (κ2) is 3.98. The van der Waals surface area contributed by atoms with Gasteiger partial charge < -0.3 is 5.32 Å². The Hall–Kier alpha value is -1.45. The summed E-state index contributed by atoms with van der Waals surface area (Å²) in [5.74, 6) is -2.41. The normalized spacial score (nSPS) is 9.77. The molecule has 1 rings (SSSR count). The lowest BCUT2D eigenvalue weighted by Gasteiger charge is -2.03. The van der Waals surface area contributed by atoms with Gasteiger partial charge in [0.1, 0.15) is 17.2 Å². The number of carbonyl (C=O) groups excluding carboxylic acids is 1. The summed E-state index contributed by atoms with van der Waals surface area (Å²) in [7, 11) is 0. The van der Waals surface area contributed by atoms with E-state index < -0.39 is 23.1 Å². The fraction of sp³-hybridized carbons (Fsp3) is 0.222.